The number of halogens is 2. The first-order valence-electron chi connectivity index (χ1n) is 8.04. The van der Waals surface area contributed by atoms with Gasteiger partial charge in [-0.15, -0.1) is 0 Å². The van der Waals surface area contributed by atoms with Crippen LogP contribution in [0.15, 0.2) is 0 Å². The Balaban J connectivity index is -0.0000000760. The van der Waals surface area contributed by atoms with Crippen LogP contribution in [0.1, 0.15) is 83.1 Å². The summed E-state index contributed by atoms with van der Waals surface area (Å²) < 4.78 is 0. The molecule has 0 saturated heterocycles. The van der Waals surface area contributed by atoms with Crippen LogP contribution >= 0.6 is 20.3 Å². The number of nitrogens with zero attached hydrogens (tertiary/aromatic N) is 4. The minimum atomic E-state index is -0.167. The molecule has 0 radical (unpaired) electrons. The molecular weight excluding hydrogens is 426 g/mol. The Labute approximate surface area is 183 Å². The molecule has 0 atom stereocenters. The van der Waals surface area contributed by atoms with Crippen LogP contribution in [0.5, 0.6) is 0 Å². The summed E-state index contributed by atoms with van der Waals surface area (Å²) in [6.07, 6.45) is 0. The van der Waals surface area contributed by atoms with Crippen molar-refractivity contribution in [2.45, 2.75) is 105 Å². The molecule has 0 aromatic heterocycles. The van der Waals surface area contributed by atoms with Crippen molar-refractivity contribution in [1.82, 2.24) is 0 Å². The number of hydrogen-bond donors (Lipinski definition) is 0. The van der Waals surface area contributed by atoms with Crippen molar-refractivity contribution in [2.24, 2.45) is 0 Å². The molecule has 7 heteroatoms. The third-order valence-corrected chi connectivity index (χ3v) is 1.34. The van der Waals surface area contributed by atoms with Crippen molar-refractivity contribution in [2.75, 3.05) is 0 Å². The van der Waals surface area contributed by atoms with Gasteiger partial charge in [0.1, 0.15) is 0 Å². The fourth-order valence-electron chi connectivity index (χ4n) is 0. The molecule has 0 aliphatic heterocycles. The first-order chi connectivity index (χ1) is 11.7. The summed E-state index contributed by atoms with van der Waals surface area (Å²) in [6.45, 7) is 48.6. The van der Waals surface area contributed by atoms with E-state index in [1.807, 2.05) is 83.1 Å². The Hall–Kier alpha value is -0.954. The van der Waals surface area contributed by atoms with Gasteiger partial charge in [-0.1, -0.05) is 0 Å². The van der Waals surface area contributed by atoms with Crippen LogP contribution in [-0.4, -0.2) is 22.2 Å². The Morgan fingerprint density at radius 1 is 0.444 bits per heavy atom. The molecule has 0 aliphatic rings. The van der Waals surface area contributed by atoms with Gasteiger partial charge in [-0.25, -0.2) is 26.3 Å². The Bertz CT molecular complexity index is 410. The average Bonchev–Trinajstić information content (AvgIpc) is 2.47. The zero-order chi connectivity index (χ0) is 23.5. The van der Waals surface area contributed by atoms with Gasteiger partial charge >= 0.3 is 33.2 Å². The molecule has 0 aromatic rings. The van der Waals surface area contributed by atoms with Crippen LogP contribution in [0, 0.1) is 26.3 Å². The van der Waals surface area contributed by atoms with E-state index < -0.39 is 0 Å². The van der Waals surface area contributed by atoms with Gasteiger partial charge in [0.2, 0.25) is 22.2 Å². The summed E-state index contributed by atoms with van der Waals surface area (Å²) in [5, 5.41) is 0. The van der Waals surface area contributed by atoms with Crippen molar-refractivity contribution in [3.8, 4) is 0 Å². The zero-order valence-corrected chi connectivity index (χ0v) is 21.4. The first-order valence-corrected chi connectivity index (χ1v) is 10.9. The third kappa shape index (κ3) is 109. The van der Waals surface area contributed by atoms with E-state index in [1.54, 1.807) is 0 Å². The van der Waals surface area contributed by atoms with Gasteiger partial charge in [0, 0.05) is 83.1 Å². The van der Waals surface area contributed by atoms with E-state index >= 15 is 0 Å². The van der Waals surface area contributed by atoms with Gasteiger partial charge < -0.3 is 19.4 Å². The zero-order valence-electron chi connectivity index (χ0n) is 18.9. The second-order valence-corrected chi connectivity index (χ2v) is 10.9. The van der Waals surface area contributed by atoms with Crippen LogP contribution in [0.3, 0.4) is 0 Å². The summed E-state index contributed by atoms with van der Waals surface area (Å²) >= 11 is 0.382. The van der Waals surface area contributed by atoms with E-state index in [2.05, 4.69) is 19.4 Å². The van der Waals surface area contributed by atoms with Crippen LogP contribution < -0.4 is 0 Å². The van der Waals surface area contributed by atoms with Crippen LogP contribution in [0.2, 0.25) is 0 Å². The second kappa shape index (κ2) is 18.4. The molecule has 0 unspecified atom stereocenters. The quantitative estimate of drug-likeness (QED) is 0.323. The van der Waals surface area contributed by atoms with E-state index in [-0.39, 0.29) is 22.2 Å². The Kier molecular flexibility index (Phi) is 25.2. The topological polar surface area (TPSA) is 17.4 Å². The van der Waals surface area contributed by atoms with Gasteiger partial charge in [-0.3, -0.25) is 0 Å². The summed E-state index contributed by atoms with van der Waals surface area (Å²) in [7, 11) is 9.47. The summed E-state index contributed by atoms with van der Waals surface area (Å²) in [5.41, 5.74) is -0.667. The van der Waals surface area contributed by atoms with E-state index in [4.69, 9.17) is 46.6 Å². The van der Waals surface area contributed by atoms with Crippen LogP contribution in [0.25, 0.3) is 19.4 Å². The van der Waals surface area contributed by atoms with Gasteiger partial charge in [0.15, 0.2) is 0 Å². The number of rotatable bonds is 0. The molecule has 0 saturated carbocycles. The SMILES string of the molecule is [C-]#[N+]C(C)(C)C.[C-]#[N+]C(C)(C)C.[C-]#[N+]C(C)(C)C.[C-]#[N+]C(C)(C)C.[Cl][Co][Cl]. The van der Waals surface area contributed by atoms with E-state index in [0.717, 1.165) is 0 Å². The maximum absolute atomic E-state index is 6.48. The molecule has 0 spiro atoms. The van der Waals surface area contributed by atoms with Crippen molar-refractivity contribution in [3.63, 3.8) is 0 Å². The molecule has 0 rings (SSSR count). The molecule has 0 heterocycles. The van der Waals surface area contributed by atoms with Crippen molar-refractivity contribution >= 4 is 20.3 Å². The predicted octanol–water partition coefficient (Wildman–Crippen LogP) is 8.19. The molecule has 0 aliphatic carbocycles. The molecule has 0 fully saturated rings. The van der Waals surface area contributed by atoms with Gasteiger partial charge in [-0.05, 0) is 0 Å². The second-order valence-electron chi connectivity index (χ2n) is 9.18. The molecule has 159 valence electrons. The summed E-state index contributed by atoms with van der Waals surface area (Å²) in [4.78, 5) is 13.1. The van der Waals surface area contributed by atoms with Crippen LogP contribution in [-0.2, 0) is 12.9 Å². The molecule has 0 aromatic carbocycles. The predicted molar refractivity (Wildman–Crippen MR) is 117 cm³/mol. The fraction of sp³-hybridized carbons (Fsp3) is 0.800. The number of hydrogen-bond acceptors (Lipinski definition) is 0. The Morgan fingerprint density at radius 2 is 0.481 bits per heavy atom. The third-order valence-electron chi connectivity index (χ3n) is 1.34. The van der Waals surface area contributed by atoms with Crippen molar-refractivity contribution < 1.29 is 12.9 Å². The van der Waals surface area contributed by atoms with E-state index in [9.17, 15) is 0 Å². The minimum absolute atomic E-state index is 0.167. The van der Waals surface area contributed by atoms with Crippen molar-refractivity contribution in [1.29, 1.82) is 0 Å². The molecule has 27 heavy (non-hydrogen) atoms. The summed E-state index contributed by atoms with van der Waals surface area (Å²) in [6, 6.07) is 0. The molecular formula is C20H36Cl2CoN4. The van der Waals surface area contributed by atoms with Crippen molar-refractivity contribution in [3.05, 3.63) is 45.7 Å². The molecule has 0 bridgehead atoms. The molecule has 0 amide bonds. The van der Waals surface area contributed by atoms with Crippen LogP contribution in [0.4, 0.5) is 0 Å². The molecule has 0 N–H and O–H groups in total. The van der Waals surface area contributed by atoms with E-state index in [1.165, 1.54) is 0 Å². The molecule has 4 nitrogen and oxygen atoms in total. The van der Waals surface area contributed by atoms with Gasteiger partial charge in [0.25, 0.3) is 0 Å². The monoisotopic (exact) mass is 461 g/mol. The standard InChI is InChI=1S/4C5H9N.2ClH.Co/c4*1-5(2,3)6-4;;;/h4*1-3H3;2*1H;/q;;;;;;+2/p-2. The first kappa shape index (κ1) is 36.9. The fourth-order valence-corrected chi connectivity index (χ4v) is 0. The van der Waals surface area contributed by atoms with E-state index in [0.29, 0.717) is 12.9 Å². The van der Waals surface area contributed by atoms with Gasteiger partial charge in [0.05, 0.1) is 0 Å². The average molecular weight is 462 g/mol. The Morgan fingerprint density at radius 3 is 0.481 bits per heavy atom. The normalized spacial score (nSPS) is 10.0. The van der Waals surface area contributed by atoms with Gasteiger partial charge in [-0.2, -0.15) is 0 Å². The maximum atomic E-state index is 6.48. The summed E-state index contributed by atoms with van der Waals surface area (Å²) in [5.74, 6) is 0.